The molecule has 1 aliphatic rings. The summed E-state index contributed by atoms with van der Waals surface area (Å²) in [4.78, 5) is 12.7. The summed E-state index contributed by atoms with van der Waals surface area (Å²) in [7, 11) is 1.62. The Morgan fingerprint density at radius 1 is 1.44 bits per heavy atom. The van der Waals surface area contributed by atoms with Crippen LogP contribution in [0.15, 0.2) is 18.2 Å². The molecular formula is C15H19IO2. The molecule has 1 atom stereocenters. The maximum atomic E-state index is 12.7. The van der Waals surface area contributed by atoms with E-state index in [1.807, 2.05) is 18.2 Å². The molecule has 1 fully saturated rings. The van der Waals surface area contributed by atoms with Crippen LogP contribution in [0.25, 0.3) is 0 Å². The van der Waals surface area contributed by atoms with E-state index in [9.17, 15) is 4.79 Å². The molecule has 0 aromatic heterocycles. The summed E-state index contributed by atoms with van der Waals surface area (Å²) in [5, 5.41) is 0. The lowest BCUT2D eigenvalue weighted by Crippen LogP contribution is -2.26. The first-order chi connectivity index (χ1) is 8.45. The van der Waals surface area contributed by atoms with Gasteiger partial charge in [0.05, 0.1) is 12.7 Å². The van der Waals surface area contributed by atoms with E-state index < -0.39 is 0 Å². The molecule has 0 N–H and O–H groups in total. The molecule has 1 aliphatic carbocycles. The highest BCUT2D eigenvalue weighted by atomic mass is 127. The maximum absolute atomic E-state index is 12.7. The number of hydrogen-bond donors (Lipinski definition) is 0. The van der Waals surface area contributed by atoms with Crippen LogP contribution in [-0.2, 0) is 0 Å². The average Bonchev–Trinajstić information content (AvgIpc) is 2.68. The number of hydrogen-bond acceptors (Lipinski definition) is 2. The van der Waals surface area contributed by atoms with Crippen LogP contribution in [0, 0.1) is 14.9 Å². The highest BCUT2D eigenvalue weighted by Gasteiger charge is 2.40. The van der Waals surface area contributed by atoms with Crippen LogP contribution in [0.2, 0.25) is 0 Å². The van der Waals surface area contributed by atoms with Crippen molar-refractivity contribution in [1.29, 1.82) is 0 Å². The Morgan fingerprint density at radius 3 is 2.72 bits per heavy atom. The van der Waals surface area contributed by atoms with Crippen LogP contribution in [0.1, 0.15) is 43.5 Å². The Balaban J connectivity index is 2.37. The average molecular weight is 358 g/mol. The topological polar surface area (TPSA) is 26.3 Å². The second-order valence-corrected chi connectivity index (χ2v) is 6.89. The zero-order chi connectivity index (χ0) is 13.3. The lowest BCUT2D eigenvalue weighted by molar-refractivity contribution is 0.0836. The number of rotatable bonds is 3. The third-order valence-corrected chi connectivity index (χ3v) is 4.67. The van der Waals surface area contributed by atoms with Crippen molar-refractivity contribution in [3.8, 4) is 5.75 Å². The van der Waals surface area contributed by atoms with Crippen molar-refractivity contribution in [1.82, 2.24) is 0 Å². The maximum Gasteiger partial charge on any atom is 0.170 e. The van der Waals surface area contributed by atoms with E-state index in [1.165, 1.54) is 0 Å². The van der Waals surface area contributed by atoms with Crippen molar-refractivity contribution >= 4 is 28.4 Å². The fourth-order valence-corrected chi connectivity index (χ4v) is 3.36. The molecule has 1 saturated carbocycles. The SMILES string of the molecule is COc1ccc(I)cc1C(=O)C1CCCC1(C)C. The summed E-state index contributed by atoms with van der Waals surface area (Å²) >= 11 is 2.24. The van der Waals surface area contributed by atoms with Gasteiger partial charge in [0, 0.05) is 9.49 Å². The van der Waals surface area contributed by atoms with Crippen LogP contribution in [0.3, 0.4) is 0 Å². The molecule has 0 amide bonds. The summed E-state index contributed by atoms with van der Waals surface area (Å²) in [6.07, 6.45) is 3.28. The number of carbonyl (C=O) groups excluding carboxylic acids is 1. The van der Waals surface area contributed by atoms with E-state index in [4.69, 9.17) is 4.74 Å². The normalized spacial score (nSPS) is 21.9. The fraction of sp³-hybridized carbons (Fsp3) is 0.533. The smallest absolute Gasteiger partial charge is 0.170 e. The van der Waals surface area contributed by atoms with Gasteiger partial charge in [-0.2, -0.15) is 0 Å². The first kappa shape index (κ1) is 13.8. The first-order valence-corrected chi connectivity index (χ1v) is 7.41. The lowest BCUT2D eigenvalue weighted by Gasteiger charge is -2.26. The Hall–Kier alpha value is -0.580. The molecule has 0 saturated heterocycles. The van der Waals surface area contributed by atoms with Gasteiger partial charge in [-0.1, -0.05) is 20.3 Å². The molecule has 0 spiro atoms. The second kappa shape index (κ2) is 5.19. The third kappa shape index (κ3) is 2.56. The van der Waals surface area contributed by atoms with Gasteiger partial charge in [0.1, 0.15) is 5.75 Å². The summed E-state index contributed by atoms with van der Waals surface area (Å²) in [6, 6.07) is 5.79. The van der Waals surface area contributed by atoms with E-state index in [1.54, 1.807) is 7.11 Å². The predicted molar refractivity (Wildman–Crippen MR) is 81.2 cm³/mol. The third-order valence-electron chi connectivity index (χ3n) is 4.00. The molecule has 0 radical (unpaired) electrons. The van der Waals surface area contributed by atoms with Crippen molar-refractivity contribution in [2.45, 2.75) is 33.1 Å². The highest BCUT2D eigenvalue weighted by Crippen LogP contribution is 2.45. The van der Waals surface area contributed by atoms with Crippen LogP contribution in [0.4, 0.5) is 0 Å². The van der Waals surface area contributed by atoms with Gasteiger partial charge in [-0.15, -0.1) is 0 Å². The minimum absolute atomic E-state index is 0.114. The Kier molecular flexibility index (Phi) is 3.99. The van der Waals surface area contributed by atoms with Gasteiger partial charge in [0.15, 0.2) is 5.78 Å². The van der Waals surface area contributed by atoms with Crippen LogP contribution in [0.5, 0.6) is 5.75 Å². The number of benzene rings is 1. The standard InChI is InChI=1S/C15H19IO2/c1-15(2)8-4-5-12(15)14(17)11-9-10(16)6-7-13(11)18-3/h6-7,9,12H,4-5,8H2,1-3H3. The van der Waals surface area contributed by atoms with E-state index >= 15 is 0 Å². The van der Waals surface area contributed by atoms with Gasteiger partial charge >= 0.3 is 0 Å². The van der Waals surface area contributed by atoms with Crippen molar-refractivity contribution < 1.29 is 9.53 Å². The number of carbonyl (C=O) groups is 1. The molecule has 0 heterocycles. The number of ether oxygens (including phenoxy) is 1. The molecule has 0 bridgehead atoms. The van der Waals surface area contributed by atoms with E-state index in [-0.39, 0.29) is 17.1 Å². The molecule has 98 valence electrons. The Bertz CT molecular complexity index is 466. The molecule has 2 nitrogen and oxygen atoms in total. The molecule has 18 heavy (non-hydrogen) atoms. The molecule has 0 aliphatic heterocycles. The van der Waals surface area contributed by atoms with E-state index in [2.05, 4.69) is 36.4 Å². The molecular weight excluding hydrogens is 339 g/mol. The second-order valence-electron chi connectivity index (χ2n) is 5.64. The van der Waals surface area contributed by atoms with Crippen molar-refractivity contribution in [2.24, 2.45) is 11.3 Å². The zero-order valence-corrected chi connectivity index (χ0v) is 13.3. The summed E-state index contributed by atoms with van der Waals surface area (Å²) in [5.41, 5.74) is 0.855. The van der Waals surface area contributed by atoms with E-state index in [0.29, 0.717) is 5.75 Å². The molecule has 1 unspecified atom stereocenters. The predicted octanol–water partition coefficient (Wildman–Crippen LogP) is 4.31. The number of ketones is 1. The van der Waals surface area contributed by atoms with Crippen molar-refractivity contribution in [3.05, 3.63) is 27.3 Å². The van der Waals surface area contributed by atoms with E-state index in [0.717, 1.165) is 28.4 Å². The summed E-state index contributed by atoms with van der Waals surface area (Å²) < 4.78 is 6.40. The van der Waals surface area contributed by atoms with Crippen LogP contribution >= 0.6 is 22.6 Å². The fourth-order valence-electron chi connectivity index (χ4n) is 2.87. The van der Waals surface area contributed by atoms with Gasteiger partial charge < -0.3 is 4.74 Å². The first-order valence-electron chi connectivity index (χ1n) is 6.33. The van der Waals surface area contributed by atoms with Crippen molar-refractivity contribution in [3.63, 3.8) is 0 Å². The Labute approximate surface area is 122 Å². The molecule has 1 aromatic carbocycles. The lowest BCUT2D eigenvalue weighted by atomic mass is 9.77. The van der Waals surface area contributed by atoms with Gasteiger partial charge in [0.2, 0.25) is 0 Å². The van der Waals surface area contributed by atoms with Crippen LogP contribution < -0.4 is 4.74 Å². The summed E-state index contributed by atoms with van der Waals surface area (Å²) in [6.45, 7) is 4.39. The largest absolute Gasteiger partial charge is 0.496 e. The van der Waals surface area contributed by atoms with Gasteiger partial charge in [-0.05, 0) is 59.0 Å². The zero-order valence-electron chi connectivity index (χ0n) is 11.1. The monoisotopic (exact) mass is 358 g/mol. The minimum atomic E-state index is 0.114. The number of halogens is 1. The van der Waals surface area contributed by atoms with Gasteiger partial charge in [-0.3, -0.25) is 4.79 Å². The quantitative estimate of drug-likeness (QED) is 0.595. The van der Waals surface area contributed by atoms with Gasteiger partial charge in [0.25, 0.3) is 0 Å². The molecule has 2 rings (SSSR count). The highest BCUT2D eigenvalue weighted by molar-refractivity contribution is 14.1. The number of methoxy groups -OCH3 is 1. The summed E-state index contributed by atoms with van der Waals surface area (Å²) in [5.74, 6) is 1.07. The van der Waals surface area contributed by atoms with Crippen LogP contribution in [-0.4, -0.2) is 12.9 Å². The number of Topliss-reactive ketones (excluding diaryl/α,β-unsaturated/α-hetero) is 1. The molecule has 3 heteroatoms. The molecule has 1 aromatic rings. The minimum Gasteiger partial charge on any atom is -0.496 e. The van der Waals surface area contributed by atoms with Gasteiger partial charge in [-0.25, -0.2) is 0 Å². The van der Waals surface area contributed by atoms with Crippen molar-refractivity contribution in [2.75, 3.05) is 7.11 Å². The Morgan fingerprint density at radius 2 is 2.17 bits per heavy atom.